The van der Waals surface area contributed by atoms with Crippen LogP contribution in [0.5, 0.6) is 0 Å². The van der Waals surface area contributed by atoms with Crippen LogP contribution in [0.1, 0.15) is 24.2 Å². The van der Waals surface area contributed by atoms with Gasteiger partial charge in [-0.25, -0.2) is 8.42 Å². The van der Waals surface area contributed by atoms with E-state index < -0.39 is 10.0 Å². The number of rotatable bonds is 6. The van der Waals surface area contributed by atoms with E-state index in [4.69, 9.17) is 0 Å². The number of amides is 1. The van der Waals surface area contributed by atoms with Crippen LogP contribution >= 0.6 is 0 Å². The molecular formula is C20H26N4O3S. The lowest BCUT2D eigenvalue weighted by atomic mass is 10.1. The fourth-order valence-corrected chi connectivity index (χ4v) is 4.19. The lowest BCUT2D eigenvalue weighted by Crippen LogP contribution is -2.44. The zero-order chi connectivity index (χ0) is 20.1. The number of sulfonamides is 1. The van der Waals surface area contributed by atoms with Crippen molar-refractivity contribution in [3.05, 3.63) is 54.1 Å². The van der Waals surface area contributed by atoms with Crippen molar-refractivity contribution < 1.29 is 13.2 Å². The van der Waals surface area contributed by atoms with Crippen molar-refractivity contribution >= 4 is 27.3 Å². The number of nitrogens with one attached hydrogen (secondary N) is 3. The molecule has 1 amide bonds. The highest BCUT2D eigenvalue weighted by atomic mass is 32.2. The van der Waals surface area contributed by atoms with Gasteiger partial charge in [-0.05, 0) is 44.2 Å². The van der Waals surface area contributed by atoms with Crippen LogP contribution < -0.4 is 20.3 Å². The number of carbonyl (C=O) groups is 1. The molecule has 1 fully saturated rings. The number of piperazine rings is 1. The van der Waals surface area contributed by atoms with Gasteiger partial charge in [0.2, 0.25) is 0 Å². The Morgan fingerprint density at radius 2 is 1.75 bits per heavy atom. The van der Waals surface area contributed by atoms with E-state index in [1.54, 1.807) is 30.3 Å². The molecular weight excluding hydrogens is 376 g/mol. The molecule has 0 unspecified atom stereocenters. The Kier molecular flexibility index (Phi) is 6.21. The van der Waals surface area contributed by atoms with E-state index >= 15 is 0 Å². The lowest BCUT2D eigenvalue weighted by molar-refractivity contribution is 0.0943. The molecule has 0 radical (unpaired) electrons. The van der Waals surface area contributed by atoms with E-state index in [-0.39, 0.29) is 16.8 Å². The molecule has 7 nitrogen and oxygen atoms in total. The van der Waals surface area contributed by atoms with Gasteiger partial charge in [-0.3, -0.25) is 9.52 Å². The first-order chi connectivity index (χ1) is 13.4. The highest BCUT2D eigenvalue weighted by Gasteiger charge is 2.21. The van der Waals surface area contributed by atoms with Crippen molar-refractivity contribution in [1.82, 2.24) is 10.6 Å². The summed E-state index contributed by atoms with van der Waals surface area (Å²) < 4.78 is 27.8. The quantitative estimate of drug-likeness (QED) is 0.688. The largest absolute Gasteiger partial charge is 0.368 e. The van der Waals surface area contributed by atoms with Crippen LogP contribution in [0.3, 0.4) is 0 Å². The van der Waals surface area contributed by atoms with E-state index in [1.165, 1.54) is 12.1 Å². The van der Waals surface area contributed by atoms with Crippen molar-refractivity contribution in [3.63, 3.8) is 0 Å². The Balaban J connectivity index is 1.93. The summed E-state index contributed by atoms with van der Waals surface area (Å²) in [5.74, 6) is -0.218. The van der Waals surface area contributed by atoms with Crippen LogP contribution in [-0.4, -0.2) is 46.5 Å². The summed E-state index contributed by atoms with van der Waals surface area (Å²) in [5.41, 5.74) is 1.63. The summed E-state index contributed by atoms with van der Waals surface area (Å²) in [6, 6.07) is 13.3. The van der Waals surface area contributed by atoms with Crippen molar-refractivity contribution in [1.29, 1.82) is 0 Å². The third-order valence-electron chi connectivity index (χ3n) is 4.42. The second-order valence-electron chi connectivity index (χ2n) is 7.02. The molecule has 1 aliphatic heterocycles. The van der Waals surface area contributed by atoms with Gasteiger partial charge in [0.15, 0.2) is 0 Å². The number of hydrogen-bond donors (Lipinski definition) is 3. The molecule has 0 bridgehead atoms. The standard InChI is InChI=1S/C20H26N4O3S/c1-15(2)22-20(25)18-14-16(8-9-19(18)24-12-10-21-11-13-24)23-28(26,27)17-6-4-3-5-7-17/h3-9,14-15,21,23H,10-13H2,1-2H3,(H,22,25). The fraction of sp³-hybridized carbons (Fsp3) is 0.350. The van der Waals surface area contributed by atoms with Crippen molar-refractivity contribution in [2.45, 2.75) is 24.8 Å². The maximum atomic E-state index is 12.8. The predicted octanol–water partition coefficient (Wildman–Crippen LogP) is 2.04. The van der Waals surface area contributed by atoms with Crippen LogP contribution in [0.2, 0.25) is 0 Å². The van der Waals surface area contributed by atoms with Gasteiger partial charge in [0.1, 0.15) is 0 Å². The third kappa shape index (κ3) is 4.82. The summed E-state index contributed by atoms with van der Waals surface area (Å²) in [5, 5.41) is 6.19. The molecule has 0 aliphatic carbocycles. The lowest BCUT2D eigenvalue weighted by Gasteiger charge is -2.31. The molecule has 2 aromatic carbocycles. The number of anilines is 2. The summed E-state index contributed by atoms with van der Waals surface area (Å²) in [6.45, 7) is 7.05. The highest BCUT2D eigenvalue weighted by Crippen LogP contribution is 2.26. The number of benzene rings is 2. The number of hydrogen-bond acceptors (Lipinski definition) is 5. The van der Waals surface area contributed by atoms with Crippen molar-refractivity contribution in [2.24, 2.45) is 0 Å². The normalized spacial score (nSPS) is 14.8. The number of nitrogens with zero attached hydrogens (tertiary/aromatic N) is 1. The van der Waals surface area contributed by atoms with Crippen molar-refractivity contribution in [2.75, 3.05) is 35.8 Å². The van der Waals surface area contributed by atoms with Gasteiger partial charge >= 0.3 is 0 Å². The van der Waals surface area contributed by atoms with Gasteiger partial charge < -0.3 is 15.5 Å². The van der Waals surface area contributed by atoms with E-state index in [2.05, 4.69) is 20.3 Å². The van der Waals surface area contributed by atoms with Gasteiger partial charge in [0.05, 0.1) is 10.5 Å². The molecule has 28 heavy (non-hydrogen) atoms. The third-order valence-corrected chi connectivity index (χ3v) is 5.82. The molecule has 0 saturated carbocycles. The maximum Gasteiger partial charge on any atom is 0.261 e. The Bertz CT molecular complexity index is 924. The van der Waals surface area contributed by atoms with Gasteiger partial charge in [-0.1, -0.05) is 18.2 Å². The Hall–Kier alpha value is -2.58. The minimum Gasteiger partial charge on any atom is -0.368 e. The predicted molar refractivity (Wildman–Crippen MR) is 111 cm³/mol. The fourth-order valence-electron chi connectivity index (χ4n) is 3.12. The average molecular weight is 403 g/mol. The van der Waals surface area contributed by atoms with Crippen molar-refractivity contribution in [3.8, 4) is 0 Å². The monoisotopic (exact) mass is 402 g/mol. The zero-order valence-electron chi connectivity index (χ0n) is 16.1. The topological polar surface area (TPSA) is 90.5 Å². The van der Waals surface area contributed by atoms with Gasteiger partial charge in [0.25, 0.3) is 15.9 Å². The first-order valence-electron chi connectivity index (χ1n) is 9.35. The van der Waals surface area contributed by atoms with Crippen LogP contribution in [0.4, 0.5) is 11.4 Å². The molecule has 2 aromatic rings. The van der Waals surface area contributed by atoms with Crippen LogP contribution in [0.25, 0.3) is 0 Å². The molecule has 0 spiro atoms. The second-order valence-corrected chi connectivity index (χ2v) is 8.70. The summed E-state index contributed by atoms with van der Waals surface area (Å²) in [6.07, 6.45) is 0. The molecule has 1 saturated heterocycles. The van der Waals surface area contributed by atoms with E-state index in [0.717, 1.165) is 31.9 Å². The van der Waals surface area contributed by atoms with E-state index in [1.807, 2.05) is 19.9 Å². The Labute approximate surface area is 166 Å². The number of carbonyl (C=O) groups excluding carboxylic acids is 1. The zero-order valence-corrected chi connectivity index (χ0v) is 16.9. The first kappa shape index (κ1) is 20.2. The molecule has 3 rings (SSSR count). The molecule has 0 atom stereocenters. The summed E-state index contributed by atoms with van der Waals surface area (Å²) in [7, 11) is -3.72. The second kappa shape index (κ2) is 8.62. The van der Waals surface area contributed by atoms with Crippen LogP contribution in [0, 0.1) is 0 Å². The van der Waals surface area contributed by atoms with Crippen LogP contribution in [0.15, 0.2) is 53.4 Å². The Morgan fingerprint density at radius 3 is 2.39 bits per heavy atom. The molecule has 3 N–H and O–H groups in total. The van der Waals surface area contributed by atoms with E-state index in [9.17, 15) is 13.2 Å². The smallest absolute Gasteiger partial charge is 0.261 e. The maximum absolute atomic E-state index is 12.8. The molecule has 1 aliphatic rings. The molecule has 150 valence electrons. The SMILES string of the molecule is CC(C)NC(=O)c1cc(NS(=O)(=O)c2ccccc2)ccc1N1CCNCC1. The Morgan fingerprint density at radius 1 is 1.07 bits per heavy atom. The summed E-state index contributed by atoms with van der Waals surface area (Å²) >= 11 is 0. The minimum atomic E-state index is -3.72. The average Bonchev–Trinajstić information content (AvgIpc) is 2.68. The van der Waals surface area contributed by atoms with E-state index in [0.29, 0.717) is 11.3 Å². The molecule has 1 heterocycles. The van der Waals surface area contributed by atoms with Gasteiger partial charge in [-0.15, -0.1) is 0 Å². The van der Waals surface area contributed by atoms with Crippen LogP contribution in [-0.2, 0) is 10.0 Å². The molecule has 0 aromatic heterocycles. The highest BCUT2D eigenvalue weighted by molar-refractivity contribution is 7.92. The van der Waals surface area contributed by atoms with Gasteiger partial charge in [0, 0.05) is 43.6 Å². The van der Waals surface area contributed by atoms with Gasteiger partial charge in [-0.2, -0.15) is 0 Å². The molecule has 8 heteroatoms. The minimum absolute atomic E-state index is 0.0203. The summed E-state index contributed by atoms with van der Waals surface area (Å²) in [4.78, 5) is 15.1. The first-order valence-corrected chi connectivity index (χ1v) is 10.8.